The van der Waals surface area contributed by atoms with Crippen molar-refractivity contribution in [3.05, 3.63) is 48.6 Å². The molecule has 0 bridgehead atoms. The Morgan fingerprint density at radius 3 is 2.78 bits per heavy atom. The highest BCUT2D eigenvalue weighted by Gasteiger charge is 2.31. The second kappa shape index (κ2) is 5.49. The van der Waals surface area contributed by atoms with E-state index in [2.05, 4.69) is 23.7 Å². The molecule has 4 nitrogen and oxygen atoms in total. The summed E-state index contributed by atoms with van der Waals surface area (Å²) in [7, 11) is 0. The van der Waals surface area contributed by atoms with E-state index >= 15 is 0 Å². The van der Waals surface area contributed by atoms with Crippen LogP contribution in [0.3, 0.4) is 0 Å². The third-order valence-corrected chi connectivity index (χ3v) is 3.06. The Balaban J connectivity index is 2.01. The molecule has 0 aliphatic carbocycles. The molecule has 0 saturated heterocycles. The highest BCUT2D eigenvalue weighted by Crippen LogP contribution is 2.16. The van der Waals surface area contributed by atoms with E-state index < -0.39 is 0 Å². The van der Waals surface area contributed by atoms with Crippen LogP contribution in [0.1, 0.15) is 12.0 Å². The molecule has 2 N–H and O–H groups in total. The Bertz CT molecular complexity index is 467. The summed E-state index contributed by atoms with van der Waals surface area (Å²) in [5.41, 5.74) is 7.05. The summed E-state index contributed by atoms with van der Waals surface area (Å²) in [6.07, 6.45) is 3.36. The Morgan fingerprint density at radius 1 is 1.39 bits per heavy atom. The smallest absolute Gasteiger partial charge is 0.346 e. The number of amides is 2. The van der Waals surface area contributed by atoms with Gasteiger partial charge in [0.15, 0.2) is 0 Å². The molecule has 18 heavy (non-hydrogen) atoms. The van der Waals surface area contributed by atoms with Crippen LogP contribution in [-0.2, 0) is 6.42 Å². The number of nitrogens with two attached hydrogens (primary N) is 1. The summed E-state index contributed by atoms with van der Waals surface area (Å²) in [5, 5.41) is 0. The van der Waals surface area contributed by atoms with Gasteiger partial charge < -0.3 is 10.6 Å². The molecule has 1 aromatic rings. The SMILES string of the molecule is C=CCN1C(=O)N=C(N)C1CCc1ccccc1. The van der Waals surface area contributed by atoms with Gasteiger partial charge in [0.1, 0.15) is 5.84 Å². The number of hydrogen-bond donors (Lipinski definition) is 1. The minimum absolute atomic E-state index is 0.101. The van der Waals surface area contributed by atoms with Crippen LogP contribution < -0.4 is 5.73 Å². The number of nitrogens with zero attached hydrogens (tertiary/aromatic N) is 2. The van der Waals surface area contributed by atoms with Crippen molar-refractivity contribution in [2.75, 3.05) is 6.54 Å². The van der Waals surface area contributed by atoms with Gasteiger partial charge in [-0.05, 0) is 18.4 Å². The van der Waals surface area contributed by atoms with Crippen LogP contribution in [-0.4, -0.2) is 29.4 Å². The van der Waals surface area contributed by atoms with E-state index in [1.54, 1.807) is 11.0 Å². The van der Waals surface area contributed by atoms with Crippen LogP contribution in [0, 0.1) is 0 Å². The summed E-state index contributed by atoms with van der Waals surface area (Å²) in [4.78, 5) is 17.1. The van der Waals surface area contributed by atoms with Crippen LogP contribution >= 0.6 is 0 Å². The quantitative estimate of drug-likeness (QED) is 0.804. The first-order valence-corrected chi connectivity index (χ1v) is 6.02. The second-order valence-electron chi connectivity index (χ2n) is 4.30. The predicted octanol–water partition coefficient (Wildman–Crippen LogP) is 1.97. The largest absolute Gasteiger partial charge is 0.385 e. The number of amidine groups is 1. The van der Waals surface area contributed by atoms with Crippen LogP contribution in [0.2, 0.25) is 0 Å². The molecule has 1 atom stereocenters. The third kappa shape index (κ3) is 2.59. The molecule has 1 unspecified atom stereocenters. The molecular formula is C14H17N3O. The van der Waals surface area contributed by atoms with E-state index in [1.165, 1.54) is 5.56 Å². The van der Waals surface area contributed by atoms with E-state index in [0.717, 1.165) is 12.8 Å². The topological polar surface area (TPSA) is 58.7 Å². The number of benzene rings is 1. The fourth-order valence-electron chi connectivity index (χ4n) is 2.14. The van der Waals surface area contributed by atoms with Gasteiger partial charge in [-0.2, -0.15) is 4.99 Å². The van der Waals surface area contributed by atoms with E-state index in [0.29, 0.717) is 12.4 Å². The number of urea groups is 1. The predicted molar refractivity (Wildman–Crippen MR) is 72.5 cm³/mol. The van der Waals surface area contributed by atoms with Crippen molar-refractivity contribution in [1.29, 1.82) is 0 Å². The van der Waals surface area contributed by atoms with Crippen molar-refractivity contribution in [3.8, 4) is 0 Å². The van der Waals surface area contributed by atoms with E-state index in [1.807, 2.05) is 18.2 Å². The van der Waals surface area contributed by atoms with Crippen molar-refractivity contribution in [2.24, 2.45) is 10.7 Å². The number of aryl methyl sites for hydroxylation is 1. The first-order chi connectivity index (χ1) is 8.72. The molecule has 1 aliphatic rings. The van der Waals surface area contributed by atoms with Gasteiger partial charge in [-0.1, -0.05) is 36.4 Å². The molecule has 1 heterocycles. The minimum atomic E-state index is -0.259. The van der Waals surface area contributed by atoms with Gasteiger partial charge in [0.05, 0.1) is 6.04 Å². The zero-order valence-corrected chi connectivity index (χ0v) is 10.2. The van der Waals surface area contributed by atoms with Gasteiger partial charge in [0.25, 0.3) is 0 Å². The second-order valence-corrected chi connectivity index (χ2v) is 4.30. The van der Waals surface area contributed by atoms with Crippen LogP contribution in [0.4, 0.5) is 4.79 Å². The Labute approximate surface area is 107 Å². The molecule has 0 aromatic heterocycles. The van der Waals surface area contributed by atoms with E-state index in [-0.39, 0.29) is 12.1 Å². The maximum atomic E-state index is 11.6. The van der Waals surface area contributed by atoms with Crippen LogP contribution in [0.25, 0.3) is 0 Å². The summed E-state index contributed by atoms with van der Waals surface area (Å²) < 4.78 is 0. The number of aliphatic imine (C=N–C) groups is 1. The van der Waals surface area contributed by atoms with Gasteiger partial charge in [-0.25, -0.2) is 4.79 Å². The highest BCUT2D eigenvalue weighted by molar-refractivity contribution is 6.02. The Morgan fingerprint density at radius 2 is 2.11 bits per heavy atom. The van der Waals surface area contributed by atoms with Crippen molar-refractivity contribution in [3.63, 3.8) is 0 Å². The fraction of sp³-hybridized carbons (Fsp3) is 0.286. The first kappa shape index (κ1) is 12.4. The molecule has 2 rings (SSSR count). The minimum Gasteiger partial charge on any atom is -0.385 e. The van der Waals surface area contributed by atoms with Crippen LogP contribution in [0.5, 0.6) is 0 Å². The molecule has 4 heteroatoms. The molecule has 2 amide bonds. The molecule has 1 aromatic carbocycles. The molecule has 0 spiro atoms. The van der Waals surface area contributed by atoms with Crippen molar-refractivity contribution in [2.45, 2.75) is 18.9 Å². The first-order valence-electron chi connectivity index (χ1n) is 6.02. The highest BCUT2D eigenvalue weighted by atomic mass is 16.2. The summed E-state index contributed by atoms with van der Waals surface area (Å²) in [6, 6.07) is 9.79. The van der Waals surface area contributed by atoms with Crippen molar-refractivity contribution in [1.82, 2.24) is 4.90 Å². The zero-order valence-electron chi connectivity index (χ0n) is 10.2. The summed E-state index contributed by atoms with van der Waals surface area (Å²) in [5.74, 6) is 0.415. The fourth-order valence-corrected chi connectivity index (χ4v) is 2.14. The van der Waals surface area contributed by atoms with Gasteiger partial charge in [-0.3, -0.25) is 0 Å². The van der Waals surface area contributed by atoms with Gasteiger partial charge in [-0.15, -0.1) is 6.58 Å². The van der Waals surface area contributed by atoms with Crippen molar-refractivity contribution >= 4 is 11.9 Å². The van der Waals surface area contributed by atoms with E-state index in [9.17, 15) is 4.79 Å². The Hall–Kier alpha value is -2.10. The normalized spacial score (nSPS) is 18.9. The molecule has 0 fully saturated rings. The standard InChI is InChI=1S/C14H17N3O/c1-2-10-17-12(13(15)16-14(17)18)9-8-11-6-4-3-5-7-11/h2-7,12H,1,8-10H2,(H2,15,16,18). The Kier molecular flexibility index (Phi) is 3.77. The zero-order chi connectivity index (χ0) is 13.0. The molecule has 0 saturated carbocycles. The monoisotopic (exact) mass is 243 g/mol. The number of carbonyl (C=O) groups excluding carboxylic acids is 1. The lowest BCUT2D eigenvalue weighted by Gasteiger charge is -2.22. The van der Waals surface area contributed by atoms with E-state index in [4.69, 9.17) is 5.73 Å². The third-order valence-electron chi connectivity index (χ3n) is 3.06. The molecular weight excluding hydrogens is 226 g/mol. The average molecular weight is 243 g/mol. The number of carbonyl (C=O) groups is 1. The lowest BCUT2D eigenvalue weighted by atomic mass is 10.0. The number of hydrogen-bond acceptors (Lipinski definition) is 2. The molecule has 1 aliphatic heterocycles. The molecule has 0 radical (unpaired) electrons. The lowest BCUT2D eigenvalue weighted by molar-refractivity contribution is 0.210. The maximum Gasteiger partial charge on any atom is 0.346 e. The van der Waals surface area contributed by atoms with Crippen molar-refractivity contribution < 1.29 is 4.79 Å². The molecule has 94 valence electrons. The summed E-state index contributed by atoms with van der Waals surface area (Å²) >= 11 is 0. The van der Waals surface area contributed by atoms with Crippen LogP contribution in [0.15, 0.2) is 48.0 Å². The van der Waals surface area contributed by atoms with Gasteiger partial charge in [0.2, 0.25) is 0 Å². The van der Waals surface area contributed by atoms with Gasteiger partial charge >= 0.3 is 6.03 Å². The maximum absolute atomic E-state index is 11.6. The number of rotatable bonds is 5. The van der Waals surface area contributed by atoms with Gasteiger partial charge in [0, 0.05) is 6.54 Å². The lowest BCUT2D eigenvalue weighted by Crippen LogP contribution is -2.40. The average Bonchev–Trinajstić information content (AvgIpc) is 2.64. The summed E-state index contributed by atoms with van der Waals surface area (Å²) in [6.45, 7) is 4.14.